The number of ether oxygens (including phenoxy) is 5. The van der Waals surface area contributed by atoms with E-state index < -0.39 is 0 Å². The van der Waals surface area contributed by atoms with Gasteiger partial charge in [0.2, 0.25) is 0 Å². The first-order valence-corrected chi connectivity index (χ1v) is 11.8. The molecule has 2 atom stereocenters. The van der Waals surface area contributed by atoms with Gasteiger partial charge >= 0.3 is 0 Å². The Morgan fingerprint density at radius 1 is 0.800 bits per heavy atom. The van der Waals surface area contributed by atoms with E-state index in [0.717, 1.165) is 67.7 Å². The fourth-order valence-electron chi connectivity index (χ4n) is 2.76. The van der Waals surface area contributed by atoms with Crippen LogP contribution in [0.15, 0.2) is 0 Å². The second-order valence-electron chi connectivity index (χ2n) is 5.86. The van der Waals surface area contributed by atoms with E-state index in [1.165, 1.54) is 0 Å². The van der Waals surface area contributed by atoms with Gasteiger partial charge in [-0.1, -0.05) is 0 Å². The van der Waals surface area contributed by atoms with E-state index in [1.807, 2.05) is 0 Å². The standard InChI is InChI=1S/C17H39NO5P2/c1-6-23-17(7-10-18,8-11-24-13-15(19-2)20-3)9-12-25-14-16(21-4)22-5/h15-16,24-25H,6-14,18H2,1-5H3. The van der Waals surface area contributed by atoms with E-state index in [0.29, 0.717) is 6.54 Å². The minimum atomic E-state index is -0.102. The van der Waals surface area contributed by atoms with Crippen molar-refractivity contribution in [3.05, 3.63) is 0 Å². The third-order valence-corrected chi connectivity index (χ3v) is 6.69. The predicted octanol–water partition coefficient (Wildman–Crippen LogP) is 2.49. The van der Waals surface area contributed by atoms with Crippen LogP contribution in [0.25, 0.3) is 0 Å². The number of nitrogens with two attached hydrogens (primary N) is 1. The van der Waals surface area contributed by atoms with Crippen molar-refractivity contribution >= 4 is 17.2 Å². The van der Waals surface area contributed by atoms with Crippen molar-refractivity contribution < 1.29 is 23.7 Å². The molecule has 0 saturated carbocycles. The lowest BCUT2D eigenvalue weighted by Gasteiger charge is -2.34. The van der Waals surface area contributed by atoms with Crippen LogP contribution in [-0.2, 0) is 23.7 Å². The third-order valence-electron chi connectivity index (χ3n) is 4.24. The SMILES string of the molecule is CCOC(CCN)(CCPCC(OC)OC)CCPCC(OC)OC. The second kappa shape index (κ2) is 16.8. The smallest absolute Gasteiger partial charge is 0.160 e. The number of hydrogen-bond acceptors (Lipinski definition) is 6. The van der Waals surface area contributed by atoms with Gasteiger partial charge in [0.15, 0.2) is 12.6 Å². The molecular weight excluding hydrogens is 360 g/mol. The third kappa shape index (κ3) is 11.8. The summed E-state index contributed by atoms with van der Waals surface area (Å²) in [6.45, 7) is 3.45. The van der Waals surface area contributed by atoms with Gasteiger partial charge in [-0.05, 0) is 45.1 Å². The minimum absolute atomic E-state index is 0.101. The second-order valence-corrected chi connectivity index (χ2v) is 8.68. The summed E-state index contributed by atoms with van der Waals surface area (Å²) >= 11 is 0. The van der Waals surface area contributed by atoms with Crippen LogP contribution in [0.1, 0.15) is 26.2 Å². The summed E-state index contributed by atoms with van der Waals surface area (Å²) in [7, 11) is 8.35. The van der Waals surface area contributed by atoms with Crippen molar-refractivity contribution in [2.24, 2.45) is 5.73 Å². The molecule has 0 saturated heterocycles. The van der Waals surface area contributed by atoms with Crippen molar-refractivity contribution in [2.45, 2.75) is 44.4 Å². The van der Waals surface area contributed by atoms with Gasteiger partial charge in [-0.3, -0.25) is 0 Å². The van der Waals surface area contributed by atoms with Gasteiger partial charge in [0.05, 0.1) is 5.60 Å². The first-order valence-electron chi connectivity index (χ1n) is 8.98. The molecule has 2 unspecified atom stereocenters. The molecular formula is C17H39NO5P2. The molecule has 0 amide bonds. The Balaban J connectivity index is 4.40. The molecule has 0 rings (SSSR count). The van der Waals surface area contributed by atoms with E-state index in [9.17, 15) is 0 Å². The normalized spacial score (nSPS) is 15.4. The molecule has 0 spiro atoms. The maximum atomic E-state index is 6.19. The van der Waals surface area contributed by atoms with Crippen molar-refractivity contribution in [1.29, 1.82) is 0 Å². The zero-order chi connectivity index (χ0) is 19.0. The van der Waals surface area contributed by atoms with Crippen LogP contribution < -0.4 is 5.73 Å². The monoisotopic (exact) mass is 399 g/mol. The Morgan fingerprint density at radius 3 is 1.56 bits per heavy atom. The Kier molecular flexibility index (Phi) is 17.2. The first kappa shape index (κ1) is 25.6. The van der Waals surface area contributed by atoms with E-state index >= 15 is 0 Å². The van der Waals surface area contributed by atoms with Crippen LogP contribution in [0.2, 0.25) is 0 Å². The zero-order valence-corrected chi connectivity index (χ0v) is 18.6. The highest BCUT2D eigenvalue weighted by Gasteiger charge is 2.29. The largest absolute Gasteiger partial charge is 0.375 e. The topological polar surface area (TPSA) is 72.2 Å². The maximum absolute atomic E-state index is 6.19. The summed E-state index contributed by atoms with van der Waals surface area (Å²) in [5.41, 5.74) is 5.78. The fraction of sp³-hybridized carbons (Fsp3) is 1.00. The molecule has 6 nitrogen and oxygen atoms in total. The van der Waals surface area contributed by atoms with Crippen LogP contribution >= 0.6 is 17.2 Å². The zero-order valence-electron chi connectivity index (χ0n) is 16.6. The average molecular weight is 399 g/mol. The van der Waals surface area contributed by atoms with Gasteiger partial charge in [0, 0.05) is 47.4 Å². The molecule has 2 N–H and O–H groups in total. The van der Waals surface area contributed by atoms with Gasteiger partial charge < -0.3 is 29.4 Å². The Bertz CT molecular complexity index is 264. The highest BCUT2D eigenvalue weighted by molar-refractivity contribution is 7.38. The summed E-state index contributed by atoms with van der Waals surface area (Å²) in [4.78, 5) is 0. The number of methoxy groups -OCH3 is 4. The van der Waals surface area contributed by atoms with E-state index in [-0.39, 0.29) is 18.2 Å². The molecule has 152 valence electrons. The van der Waals surface area contributed by atoms with E-state index in [4.69, 9.17) is 29.4 Å². The average Bonchev–Trinajstić information content (AvgIpc) is 2.62. The lowest BCUT2D eigenvalue weighted by Crippen LogP contribution is -2.37. The molecule has 0 heterocycles. The summed E-state index contributed by atoms with van der Waals surface area (Å²) in [5.74, 6) is 0. The lowest BCUT2D eigenvalue weighted by atomic mass is 9.93. The van der Waals surface area contributed by atoms with Crippen LogP contribution in [0, 0.1) is 0 Å². The van der Waals surface area contributed by atoms with Gasteiger partial charge in [-0.25, -0.2) is 0 Å². The quantitative estimate of drug-likeness (QED) is 0.217. The molecule has 0 aliphatic rings. The van der Waals surface area contributed by atoms with Gasteiger partial charge in [0.25, 0.3) is 0 Å². The van der Waals surface area contributed by atoms with Crippen molar-refractivity contribution in [3.63, 3.8) is 0 Å². The minimum Gasteiger partial charge on any atom is -0.375 e. The molecule has 0 aliphatic carbocycles. The number of hydrogen-bond donors (Lipinski definition) is 1. The molecule has 0 aliphatic heterocycles. The maximum Gasteiger partial charge on any atom is 0.160 e. The van der Waals surface area contributed by atoms with Crippen molar-refractivity contribution in [3.8, 4) is 0 Å². The molecule has 25 heavy (non-hydrogen) atoms. The van der Waals surface area contributed by atoms with Crippen molar-refractivity contribution in [1.82, 2.24) is 0 Å². The van der Waals surface area contributed by atoms with Crippen LogP contribution in [0.3, 0.4) is 0 Å². The molecule has 0 radical (unpaired) electrons. The van der Waals surface area contributed by atoms with Crippen molar-refractivity contribution in [2.75, 3.05) is 66.2 Å². The molecule has 0 aromatic heterocycles. The Morgan fingerprint density at radius 2 is 1.24 bits per heavy atom. The lowest BCUT2D eigenvalue weighted by molar-refractivity contribution is -0.0848. The van der Waals surface area contributed by atoms with Crippen LogP contribution in [0.4, 0.5) is 0 Å². The van der Waals surface area contributed by atoms with E-state index in [1.54, 1.807) is 28.4 Å². The van der Waals surface area contributed by atoms with E-state index in [2.05, 4.69) is 6.92 Å². The summed E-state index contributed by atoms with van der Waals surface area (Å²) in [5, 5.41) is 0. The first-order chi connectivity index (χ1) is 12.1. The highest BCUT2D eigenvalue weighted by atomic mass is 31.1. The summed E-state index contributed by atoms with van der Waals surface area (Å²) in [6, 6.07) is 0. The van der Waals surface area contributed by atoms with Gasteiger partial charge in [-0.15, -0.1) is 17.2 Å². The molecule has 0 fully saturated rings. The summed E-state index contributed by atoms with van der Waals surface area (Å²) in [6.07, 6.45) is 6.89. The summed E-state index contributed by atoms with van der Waals surface area (Å²) < 4.78 is 27.2. The van der Waals surface area contributed by atoms with Gasteiger partial charge in [-0.2, -0.15) is 0 Å². The Labute approximate surface area is 157 Å². The highest BCUT2D eigenvalue weighted by Crippen LogP contribution is 2.31. The predicted molar refractivity (Wildman–Crippen MR) is 109 cm³/mol. The number of rotatable bonds is 18. The molecule has 0 aromatic carbocycles. The van der Waals surface area contributed by atoms with Gasteiger partial charge in [0.1, 0.15) is 0 Å². The van der Waals surface area contributed by atoms with Crippen LogP contribution in [-0.4, -0.2) is 84.4 Å². The van der Waals surface area contributed by atoms with Crippen LogP contribution in [0.5, 0.6) is 0 Å². The molecule has 0 aromatic rings. The Hall–Kier alpha value is 0.620. The molecule has 0 bridgehead atoms. The molecule has 8 heteroatoms. The fourth-order valence-corrected chi connectivity index (χ4v) is 5.57.